The summed E-state index contributed by atoms with van der Waals surface area (Å²) in [5.74, 6) is 0. The number of rotatable bonds is 2. The second kappa shape index (κ2) is 5.07. The molecule has 13 heavy (non-hydrogen) atoms. The Morgan fingerprint density at radius 3 is 2.85 bits per heavy atom. The van der Waals surface area contributed by atoms with E-state index in [0.717, 1.165) is 25.7 Å². The Balaban J connectivity index is 2.29. The van der Waals surface area contributed by atoms with Gasteiger partial charge in [0.05, 0.1) is 18.8 Å². The van der Waals surface area contributed by atoms with Gasteiger partial charge in [0.1, 0.15) is 0 Å². The van der Waals surface area contributed by atoms with E-state index in [1.54, 1.807) is 6.92 Å². The zero-order valence-corrected chi connectivity index (χ0v) is 7.95. The summed E-state index contributed by atoms with van der Waals surface area (Å²) in [4.78, 5) is 11.0. The van der Waals surface area contributed by atoms with Gasteiger partial charge in [0.15, 0.2) is 0 Å². The topological polar surface area (TPSA) is 58.6 Å². The van der Waals surface area contributed by atoms with Crippen LogP contribution >= 0.6 is 0 Å². The second-order valence-corrected chi connectivity index (χ2v) is 3.32. The van der Waals surface area contributed by atoms with Crippen molar-refractivity contribution >= 4 is 6.09 Å². The minimum Gasteiger partial charge on any atom is -0.450 e. The molecule has 1 aliphatic carbocycles. The first-order chi connectivity index (χ1) is 6.24. The molecule has 1 aliphatic rings. The molecule has 76 valence electrons. The summed E-state index contributed by atoms with van der Waals surface area (Å²) in [7, 11) is 0. The lowest BCUT2D eigenvalue weighted by molar-refractivity contribution is 0.0811. The molecule has 1 fully saturated rings. The standard InChI is InChI=1S/C9H17NO3/c1-2-13-9(12)10-7-5-3-4-6-8(7)11/h7-8,11H,2-6H2,1H3,(H,10,12)/t7-,8-/m1/s1. The first kappa shape index (κ1) is 10.3. The van der Waals surface area contributed by atoms with Crippen LogP contribution < -0.4 is 5.32 Å². The molecule has 0 radical (unpaired) electrons. The van der Waals surface area contributed by atoms with Gasteiger partial charge in [0.2, 0.25) is 0 Å². The Kier molecular flexibility index (Phi) is 4.02. The van der Waals surface area contributed by atoms with E-state index < -0.39 is 12.2 Å². The van der Waals surface area contributed by atoms with Gasteiger partial charge in [-0.25, -0.2) is 4.79 Å². The maximum Gasteiger partial charge on any atom is 0.407 e. The zero-order valence-electron chi connectivity index (χ0n) is 7.95. The lowest BCUT2D eigenvalue weighted by Gasteiger charge is -2.27. The molecule has 2 atom stereocenters. The van der Waals surface area contributed by atoms with Crippen LogP contribution in [0.1, 0.15) is 32.6 Å². The third-order valence-electron chi connectivity index (χ3n) is 2.31. The number of aliphatic hydroxyl groups excluding tert-OH is 1. The molecule has 0 saturated heterocycles. The van der Waals surface area contributed by atoms with E-state index in [1.807, 2.05) is 0 Å². The molecule has 0 unspecified atom stereocenters. The van der Waals surface area contributed by atoms with Gasteiger partial charge in [-0.15, -0.1) is 0 Å². The molecular weight excluding hydrogens is 170 g/mol. The highest BCUT2D eigenvalue weighted by atomic mass is 16.5. The van der Waals surface area contributed by atoms with Crippen molar-refractivity contribution in [2.24, 2.45) is 0 Å². The number of carbonyl (C=O) groups is 1. The summed E-state index contributed by atoms with van der Waals surface area (Å²) in [6, 6.07) is -0.118. The van der Waals surface area contributed by atoms with Crippen LogP contribution in [0.3, 0.4) is 0 Å². The highest BCUT2D eigenvalue weighted by Crippen LogP contribution is 2.18. The average molecular weight is 187 g/mol. The predicted molar refractivity (Wildman–Crippen MR) is 48.4 cm³/mol. The van der Waals surface area contributed by atoms with Gasteiger partial charge in [-0.3, -0.25) is 0 Å². The first-order valence-electron chi connectivity index (χ1n) is 4.85. The normalized spacial score (nSPS) is 28.2. The Morgan fingerprint density at radius 1 is 1.54 bits per heavy atom. The molecule has 0 bridgehead atoms. The van der Waals surface area contributed by atoms with Crippen molar-refractivity contribution in [2.75, 3.05) is 6.61 Å². The molecule has 4 nitrogen and oxygen atoms in total. The van der Waals surface area contributed by atoms with E-state index in [4.69, 9.17) is 4.74 Å². The minimum atomic E-state index is -0.423. The summed E-state index contributed by atoms with van der Waals surface area (Å²) >= 11 is 0. The Labute approximate surface area is 78.3 Å². The molecule has 0 aromatic heterocycles. The Morgan fingerprint density at radius 2 is 2.23 bits per heavy atom. The molecule has 1 rings (SSSR count). The molecule has 0 spiro atoms. The van der Waals surface area contributed by atoms with Gasteiger partial charge >= 0.3 is 6.09 Å². The number of alkyl carbamates (subject to hydrolysis) is 1. The number of ether oxygens (including phenoxy) is 1. The van der Waals surface area contributed by atoms with Crippen molar-refractivity contribution in [3.63, 3.8) is 0 Å². The largest absolute Gasteiger partial charge is 0.450 e. The molecule has 0 aliphatic heterocycles. The minimum absolute atomic E-state index is 0.118. The van der Waals surface area contributed by atoms with Crippen molar-refractivity contribution in [1.29, 1.82) is 0 Å². The van der Waals surface area contributed by atoms with E-state index in [0.29, 0.717) is 6.61 Å². The summed E-state index contributed by atoms with van der Waals surface area (Å²) in [5.41, 5.74) is 0. The molecular formula is C9H17NO3. The van der Waals surface area contributed by atoms with Gasteiger partial charge in [-0.05, 0) is 19.8 Å². The van der Waals surface area contributed by atoms with E-state index in [-0.39, 0.29) is 6.04 Å². The molecule has 0 aromatic rings. The van der Waals surface area contributed by atoms with Crippen LogP contribution in [-0.4, -0.2) is 30.0 Å². The predicted octanol–water partition coefficient (Wildman–Crippen LogP) is 1.04. The molecule has 0 heterocycles. The van der Waals surface area contributed by atoms with Crippen molar-refractivity contribution < 1.29 is 14.6 Å². The maximum absolute atomic E-state index is 11.0. The van der Waals surface area contributed by atoms with Crippen molar-refractivity contribution in [2.45, 2.75) is 44.8 Å². The van der Waals surface area contributed by atoms with E-state index >= 15 is 0 Å². The van der Waals surface area contributed by atoms with Crippen LogP contribution in [0.5, 0.6) is 0 Å². The molecule has 1 amide bonds. The van der Waals surface area contributed by atoms with Crippen molar-refractivity contribution in [3.8, 4) is 0 Å². The summed E-state index contributed by atoms with van der Waals surface area (Å²) in [6.07, 6.45) is 2.90. The number of aliphatic hydroxyl groups is 1. The summed E-state index contributed by atoms with van der Waals surface area (Å²) < 4.78 is 4.73. The smallest absolute Gasteiger partial charge is 0.407 e. The number of amides is 1. The first-order valence-corrected chi connectivity index (χ1v) is 4.85. The van der Waals surface area contributed by atoms with E-state index in [9.17, 15) is 9.90 Å². The Bertz CT molecular complexity index is 172. The van der Waals surface area contributed by atoms with Gasteiger partial charge in [-0.1, -0.05) is 12.8 Å². The van der Waals surface area contributed by atoms with Crippen LogP contribution in [0.2, 0.25) is 0 Å². The quantitative estimate of drug-likeness (QED) is 0.679. The second-order valence-electron chi connectivity index (χ2n) is 3.32. The third-order valence-corrected chi connectivity index (χ3v) is 2.31. The molecule has 4 heteroatoms. The third kappa shape index (κ3) is 3.22. The van der Waals surface area contributed by atoms with E-state index in [1.165, 1.54) is 0 Å². The van der Waals surface area contributed by atoms with Crippen LogP contribution in [0.4, 0.5) is 4.79 Å². The molecule has 0 aromatic carbocycles. The maximum atomic E-state index is 11.0. The van der Waals surface area contributed by atoms with Gasteiger partial charge in [-0.2, -0.15) is 0 Å². The number of hydrogen-bond donors (Lipinski definition) is 2. The molecule has 1 saturated carbocycles. The summed E-state index contributed by atoms with van der Waals surface area (Å²) in [6.45, 7) is 2.13. The van der Waals surface area contributed by atoms with Crippen LogP contribution in [-0.2, 0) is 4.74 Å². The fourth-order valence-electron chi connectivity index (χ4n) is 1.60. The fourth-order valence-corrected chi connectivity index (χ4v) is 1.60. The highest BCUT2D eigenvalue weighted by Gasteiger charge is 2.24. The summed E-state index contributed by atoms with van der Waals surface area (Å²) in [5, 5.41) is 12.2. The van der Waals surface area contributed by atoms with Crippen molar-refractivity contribution in [1.82, 2.24) is 5.32 Å². The van der Waals surface area contributed by atoms with Crippen LogP contribution in [0.15, 0.2) is 0 Å². The lowest BCUT2D eigenvalue weighted by Crippen LogP contribution is -2.45. The van der Waals surface area contributed by atoms with E-state index in [2.05, 4.69) is 5.32 Å². The SMILES string of the molecule is CCOC(=O)N[C@@H]1CCCC[C@H]1O. The number of carbonyl (C=O) groups excluding carboxylic acids is 1. The van der Waals surface area contributed by atoms with Crippen LogP contribution in [0, 0.1) is 0 Å². The fraction of sp³-hybridized carbons (Fsp3) is 0.889. The van der Waals surface area contributed by atoms with Gasteiger partial charge in [0, 0.05) is 0 Å². The number of nitrogens with one attached hydrogen (secondary N) is 1. The average Bonchev–Trinajstić information content (AvgIpc) is 2.09. The van der Waals surface area contributed by atoms with Gasteiger partial charge in [0.25, 0.3) is 0 Å². The lowest BCUT2D eigenvalue weighted by atomic mass is 9.93. The van der Waals surface area contributed by atoms with Crippen molar-refractivity contribution in [3.05, 3.63) is 0 Å². The Hall–Kier alpha value is -0.770. The monoisotopic (exact) mass is 187 g/mol. The number of hydrogen-bond acceptors (Lipinski definition) is 3. The highest BCUT2D eigenvalue weighted by molar-refractivity contribution is 5.67. The molecule has 2 N–H and O–H groups in total. The van der Waals surface area contributed by atoms with Crippen LogP contribution in [0.25, 0.3) is 0 Å². The van der Waals surface area contributed by atoms with Gasteiger partial charge < -0.3 is 15.2 Å². The zero-order chi connectivity index (χ0) is 9.68.